The maximum absolute atomic E-state index is 12.3. The van der Waals surface area contributed by atoms with Crippen molar-refractivity contribution < 1.29 is 24.2 Å². The van der Waals surface area contributed by atoms with E-state index in [0.29, 0.717) is 24.3 Å². The second-order valence-electron chi connectivity index (χ2n) is 6.98. The number of benzene rings is 1. The van der Waals surface area contributed by atoms with Crippen LogP contribution in [-0.4, -0.2) is 30.2 Å². The van der Waals surface area contributed by atoms with Crippen molar-refractivity contribution in [3.63, 3.8) is 0 Å². The lowest BCUT2D eigenvalue weighted by atomic mass is 9.66. The average molecular weight is 349 g/mol. The Labute approximate surface area is 148 Å². The Morgan fingerprint density at radius 1 is 1.24 bits per heavy atom. The van der Waals surface area contributed by atoms with Crippen molar-refractivity contribution in [1.29, 1.82) is 0 Å². The number of nitrogens with one attached hydrogen (secondary N) is 1. The van der Waals surface area contributed by atoms with Gasteiger partial charge in [-0.3, -0.25) is 9.59 Å². The van der Waals surface area contributed by atoms with E-state index in [2.05, 4.69) is 5.32 Å². The highest BCUT2D eigenvalue weighted by molar-refractivity contribution is 5.85. The van der Waals surface area contributed by atoms with E-state index in [1.165, 1.54) is 0 Å². The molecule has 0 spiro atoms. The number of aliphatic carboxylic acids is 1. The summed E-state index contributed by atoms with van der Waals surface area (Å²) in [5.74, 6) is 0.141. The lowest BCUT2D eigenvalue weighted by Crippen LogP contribution is -2.43. The molecule has 0 aliphatic heterocycles. The molecule has 0 heterocycles. The molecule has 25 heavy (non-hydrogen) atoms. The fraction of sp³-hybridized carbons (Fsp3) is 0.579. The van der Waals surface area contributed by atoms with Gasteiger partial charge < -0.3 is 19.9 Å². The minimum atomic E-state index is -0.879. The van der Waals surface area contributed by atoms with Crippen LogP contribution >= 0.6 is 0 Å². The van der Waals surface area contributed by atoms with Gasteiger partial charge in [-0.05, 0) is 51.3 Å². The summed E-state index contributed by atoms with van der Waals surface area (Å²) in [6, 6.07) is 5.28. The van der Waals surface area contributed by atoms with Gasteiger partial charge in [-0.15, -0.1) is 0 Å². The fourth-order valence-electron chi connectivity index (χ4n) is 3.06. The number of amides is 1. The van der Waals surface area contributed by atoms with E-state index in [9.17, 15) is 14.7 Å². The molecule has 0 saturated heterocycles. The largest absolute Gasteiger partial charge is 0.493 e. The molecule has 1 atom stereocenters. The minimum Gasteiger partial charge on any atom is -0.493 e. The Balaban J connectivity index is 2.03. The highest BCUT2D eigenvalue weighted by Gasteiger charge is 2.46. The van der Waals surface area contributed by atoms with Crippen LogP contribution in [0.1, 0.15) is 58.1 Å². The summed E-state index contributed by atoms with van der Waals surface area (Å²) < 4.78 is 11.1. The number of carbonyl (C=O) groups excluding carboxylic acids is 1. The van der Waals surface area contributed by atoms with Crippen LogP contribution in [0, 0.1) is 5.41 Å². The van der Waals surface area contributed by atoms with Gasteiger partial charge in [0.15, 0.2) is 11.5 Å². The van der Waals surface area contributed by atoms with Crippen LogP contribution < -0.4 is 14.8 Å². The molecule has 6 nitrogen and oxygen atoms in total. The van der Waals surface area contributed by atoms with Crippen LogP contribution in [0.15, 0.2) is 18.2 Å². The molecule has 1 saturated carbocycles. The van der Waals surface area contributed by atoms with Crippen molar-refractivity contribution >= 4 is 11.9 Å². The van der Waals surface area contributed by atoms with Crippen molar-refractivity contribution in [1.82, 2.24) is 5.32 Å². The number of carboxylic acid groups (broad SMARTS) is 1. The first-order valence-electron chi connectivity index (χ1n) is 8.65. The first-order chi connectivity index (χ1) is 11.8. The fourth-order valence-corrected chi connectivity index (χ4v) is 3.06. The monoisotopic (exact) mass is 349 g/mol. The van der Waals surface area contributed by atoms with Gasteiger partial charge in [-0.1, -0.05) is 12.5 Å². The minimum absolute atomic E-state index is 0.0261. The zero-order valence-corrected chi connectivity index (χ0v) is 15.3. The second kappa shape index (κ2) is 7.76. The van der Waals surface area contributed by atoms with Crippen molar-refractivity contribution in [2.45, 2.75) is 58.6 Å². The lowest BCUT2D eigenvalue weighted by molar-refractivity contribution is -0.157. The Morgan fingerprint density at radius 3 is 2.40 bits per heavy atom. The van der Waals surface area contributed by atoms with Gasteiger partial charge in [0.05, 0.1) is 24.7 Å². The number of hydrogen-bond donors (Lipinski definition) is 2. The third kappa shape index (κ3) is 4.44. The van der Waals surface area contributed by atoms with Crippen LogP contribution in [0.2, 0.25) is 0 Å². The second-order valence-corrected chi connectivity index (χ2v) is 6.98. The van der Waals surface area contributed by atoms with E-state index in [4.69, 9.17) is 9.47 Å². The molecule has 2 N–H and O–H groups in total. The summed E-state index contributed by atoms with van der Waals surface area (Å²) in [5, 5.41) is 12.2. The van der Waals surface area contributed by atoms with Crippen molar-refractivity contribution in [2.24, 2.45) is 5.41 Å². The van der Waals surface area contributed by atoms with Crippen molar-refractivity contribution in [2.75, 3.05) is 7.11 Å². The summed E-state index contributed by atoms with van der Waals surface area (Å²) in [5.41, 5.74) is -0.00417. The Kier molecular flexibility index (Phi) is 5.93. The third-order valence-electron chi connectivity index (χ3n) is 4.69. The zero-order chi connectivity index (χ0) is 18.6. The summed E-state index contributed by atoms with van der Waals surface area (Å²) in [7, 11) is 1.57. The topological polar surface area (TPSA) is 84.9 Å². The average Bonchev–Trinajstić information content (AvgIpc) is 2.50. The molecule has 6 heteroatoms. The highest BCUT2D eigenvalue weighted by atomic mass is 16.5. The van der Waals surface area contributed by atoms with E-state index < -0.39 is 11.4 Å². The molecule has 1 unspecified atom stereocenters. The number of carbonyl (C=O) groups is 2. The molecule has 1 aromatic carbocycles. The summed E-state index contributed by atoms with van der Waals surface area (Å²) in [6.07, 6.45) is 2.06. The molecular weight excluding hydrogens is 322 g/mol. The summed E-state index contributed by atoms with van der Waals surface area (Å²) in [6.45, 7) is 5.74. The maximum Gasteiger partial charge on any atom is 0.310 e. The molecule has 1 aromatic rings. The number of methoxy groups -OCH3 is 1. The molecule has 0 radical (unpaired) electrons. The van der Waals surface area contributed by atoms with Gasteiger partial charge in [-0.2, -0.15) is 0 Å². The van der Waals surface area contributed by atoms with E-state index >= 15 is 0 Å². The molecule has 1 fully saturated rings. The predicted octanol–water partition coefficient (Wildman–Crippen LogP) is 3.30. The van der Waals surface area contributed by atoms with E-state index in [1.54, 1.807) is 7.11 Å². The number of rotatable bonds is 8. The molecule has 2 rings (SSSR count). The molecular formula is C19H27NO5. The van der Waals surface area contributed by atoms with Crippen LogP contribution in [0.4, 0.5) is 0 Å². The SMILES string of the molecule is COc1cc(C(C)NC(=O)CC2(C(=O)O)CCC2)ccc1OC(C)C. The van der Waals surface area contributed by atoms with Gasteiger partial charge in [0.2, 0.25) is 5.91 Å². The third-order valence-corrected chi connectivity index (χ3v) is 4.69. The first kappa shape index (κ1) is 19.1. The molecule has 138 valence electrons. The zero-order valence-electron chi connectivity index (χ0n) is 15.3. The van der Waals surface area contributed by atoms with Gasteiger partial charge >= 0.3 is 5.97 Å². The van der Waals surface area contributed by atoms with Crippen LogP contribution in [0.5, 0.6) is 11.5 Å². The lowest BCUT2D eigenvalue weighted by Gasteiger charge is -2.37. The number of carboxylic acids is 1. The Morgan fingerprint density at radius 2 is 1.92 bits per heavy atom. The predicted molar refractivity (Wildman–Crippen MR) is 93.9 cm³/mol. The van der Waals surface area contributed by atoms with Crippen LogP contribution in [0.3, 0.4) is 0 Å². The summed E-state index contributed by atoms with van der Waals surface area (Å²) >= 11 is 0. The molecule has 1 aliphatic rings. The maximum atomic E-state index is 12.3. The van der Waals surface area contributed by atoms with Crippen LogP contribution in [0.25, 0.3) is 0 Å². The van der Waals surface area contributed by atoms with Crippen LogP contribution in [-0.2, 0) is 9.59 Å². The van der Waals surface area contributed by atoms with Gasteiger partial charge in [0.1, 0.15) is 0 Å². The number of hydrogen-bond acceptors (Lipinski definition) is 4. The van der Waals surface area contributed by atoms with E-state index in [1.807, 2.05) is 39.0 Å². The molecule has 0 bridgehead atoms. The smallest absolute Gasteiger partial charge is 0.310 e. The standard InChI is InChI=1S/C19H27NO5/c1-12(2)25-15-7-6-14(10-16(15)24-4)13(3)20-17(21)11-19(18(22)23)8-5-9-19/h6-7,10,12-13H,5,8-9,11H2,1-4H3,(H,20,21)(H,22,23). The molecule has 1 aliphatic carbocycles. The normalized spacial score (nSPS) is 16.7. The van der Waals surface area contributed by atoms with Gasteiger partial charge in [-0.25, -0.2) is 0 Å². The molecule has 0 aromatic heterocycles. The van der Waals surface area contributed by atoms with Crippen molar-refractivity contribution in [3.05, 3.63) is 23.8 Å². The Hall–Kier alpha value is -2.24. The van der Waals surface area contributed by atoms with Crippen molar-refractivity contribution in [3.8, 4) is 11.5 Å². The summed E-state index contributed by atoms with van der Waals surface area (Å²) in [4.78, 5) is 23.7. The quantitative estimate of drug-likeness (QED) is 0.752. The van der Waals surface area contributed by atoms with Gasteiger partial charge in [0.25, 0.3) is 0 Å². The number of ether oxygens (including phenoxy) is 2. The van der Waals surface area contributed by atoms with E-state index in [0.717, 1.165) is 12.0 Å². The Bertz CT molecular complexity index is 637. The molecule has 1 amide bonds. The van der Waals surface area contributed by atoms with E-state index in [-0.39, 0.29) is 24.5 Å². The first-order valence-corrected chi connectivity index (χ1v) is 8.65. The van der Waals surface area contributed by atoms with Gasteiger partial charge in [0, 0.05) is 6.42 Å². The highest BCUT2D eigenvalue weighted by Crippen LogP contribution is 2.44.